The zero-order chi connectivity index (χ0) is 20.0. The van der Waals surface area contributed by atoms with E-state index < -0.39 is 10.0 Å². The summed E-state index contributed by atoms with van der Waals surface area (Å²) in [6, 6.07) is 18.9. The Balaban J connectivity index is 1.58. The first-order valence-corrected chi connectivity index (χ1v) is 10.1. The molecule has 0 aliphatic rings. The quantitative estimate of drug-likeness (QED) is 0.457. The van der Waals surface area contributed by atoms with E-state index in [2.05, 4.69) is 9.93 Å². The van der Waals surface area contributed by atoms with Crippen LogP contribution in [-0.4, -0.2) is 14.6 Å². The van der Waals surface area contributed by atoms with Crippen molar-refractivity contribution in [2.24, 2.45) is 5.10 Å². The van der Waals surface area contributed by atoms with E-state index in [1.807, 2.05) is 0 Å². The number of halogens is 2. The highest BCUT2D eigenvalue weighted by Gasteiger charge is 2.11. The van der Waals surface area contributed by atoms with Crippen molar-refractivity contribution >= 4 is 27.8 Å². The average Bonchev–Trinajstić information content (AvgIpc) is 2.69. The number of hydrogen-bond acceptors (Lipinski definition) is 4. The molecule has 0 atom stereocenters. The van der Waals surface area contributed by atoms with Gasteiger partial charge in [-0.25, -0.2) is 9.22 Å². The predicted molar refractivity (Wildman–Crippen MR) is 107 cm³/mol. The molecule has 28 heavy (non-hydrogen) atoms. The van der Waals surface area contributed by atoms with Crippen LogP contribution >= 0.6 is 11.6 Å². The van der Waals surface area contributed by atoms with Crippen molar-refractivity contribution in [1.82, 2.24) is 4.83 Å². The van der Waals surface area contributed by atoms with Crippen LogP contribution in [-0.2, 0) is 16.6 Å². The SMILES string of the molecule is O=S(=O)(N/N=C/c1ccc(OCc2ccccc2F)cc1)c1ccc(Cl)cc1. The highest BCUT2D eigenvalue weighted by Crippen LogP contribution is 2.16. The summed E-state index contributed by atoms with van der Waals surface area (Å²) in [6.45, 7) is 0.112. The van der Waals surface area contributed by atoms with Gasteiger partial charge in [-0.15, -0.1) is 0 Å². The maximum absolute atomic E-state index is 13.6. The maximum Gasteiger partial charge on any atom is 0.276 e. The van der Waals surface area contributed by atoms with Crippen LogP contribution in [0.3, 0.4) is 0 Å². The van der Waals surface area contributed by atoms with Crippen LogP contribution in [0.5, 0.6) is 5.75 Å². The van der Waals surface area contributed by atoms with Gasteiger partial charge in [0.1, 0.15) is 18.2 Å². The van der Waals surface area contributed by atoms with E-state index >= 15 is 0 Å². The summed E-state index contributed by atoms with van der Waals surface area (Å²) in [7, 11) is -3.77. The predicted octanol–water partition coefficient (Wildman–Crippen LogP) is 4.37. The van der Waals surface area contributed by atoms with Gasteiger partial charge in [0.15, 0.2) is 0 Å². The van der Waals surface area contributed by atoms with Crippen molar-refractivity contribution in [2.45, 2.75) is 11.5 Å². The third kappa shape index (κ3) is 5.31. The lowest BCUT2D eigenvalue weighted by Crippen LogP contribution is -2.18. The van der Waals surface area contributed by atoms with Gasteiger partial charge in [-0.3, -0.25) is 0 Å². The molecule has 0 saturated heterocycles. The molecule has 3 aromatic carbocycles. The zero-order valence-electron chi connectivity index (χ0n) is 14.5. The molecule has 0 spiro atoms. The molecule has 0 aromatic heterocycles. The second-order valence-electron chi connectivity index (χ2n) is 5.76. The normalized spacial score (nSPS) is 11.5. The number of nitrogens with one attached hydrogen (secondary N) is 1. The van der Waals surface area contributed by atoms with E-state index in [1.165, 1.54) is 36.5 Å². The molecule has 0 aliphatic heterocycles. The summed E-state index contributed by atoms with van der Waals surface area (Å²) < 4.78 is 43.4. The fourth-order valence-electron chi connectivity index (χ4n) is 2.26. The molecule has 0 saturated carbocycles. The van der Waals surface area contributed by atoms with E-state index in [4.69, 9.17) is 16.3 Å². The number of hydrazone groups is 1. The second kappa shape index (κ2) is 8.86. The van der Waals surface area contributed by atoms with Gasteiger partial charge in [-0.05, 0) is 60.2 Å². The minimum Gasteiger partial charge on any atom is -0.489 e. The molecule has 5 nitrogen and oxygen atoms in total. The lowest BCUT2D eigenvalue weighted by atomic mass is 10.2. The molecule has 0 unspecified atom stereocenters. The fourth-order valence-corrected chi connectivity index (χ4v) is 3.18. The molecular weight excluding hydrogens is 403 g/mol. The van der Waals surface area contributed by atoms with Gasteiger partial charge in [0, 0.05) is 10.6 Å². The van der Waals surface area contributed by atoms with Crippen LogP contribution in [0.4, 0.5) is 4.39 Å². The molecule has 0 radical (unpaired) electrons. The van der Waals surface area contributed by atoms with Crippen LogP contribution in [0.25, 0.3) is 0 Å². The number of rotatable bonds is 7. The standard InChI is InChI=1S/C20H16ClFN2O3S/c21-17-7-11-19(12-8-17)28(25,26)24-23-13-15-5-9-18(10-6-15)27-14-16-3-1-2-4-20(16)22/h1-13,24H,14H2/b23-13+. The Labute approximate surface area is 167 Å². The van der Waals surface area contributed by atoms with Crippen LogP contribution < -0.4 is 9.57 Å². The second-order valence-corrected chi connectivity index (χ2v) is 7.85. The molecule has 0 bridgehead atoms. The number of nitrogens with zero attached hydrogens (tertiary/aromatic N) is 1. The summed E-state index contributed by atoms with van der Waals surface area (Å²) in [6.07, 6.45) is 1.37. The number of benzene rings is 3. The van der Waals surface area contributed by atoms with Crippen LogP contribution in [0, 0.1) is 5.82 Å². The number of ether oxygens (including phenoxy) is 1. The number of sulfonamides is 1. The molecular formula is C20H16ClFN2O3S. The topological polar surface area (TPSA) is 67.8 Å². The van der Waals surface area contributed by atoms with Gasteiger partial charge in [0.25, 0.3) is 10.0 Å². The van der Waals surface area contributed by atoms with E-state index in [1.54, 1.807) is 42.5 Å². The van der Waals surface area contributed by atoms with Gasteiger partial charge in [-0.2, -0.15) is 13.5 Å². The van der Waals surface area contributed by atoms with Gasteiger partial charge < -0.3 is 4.74 Å². The highest BCUT2D eigenvalue weighted by molar-refractivity contribution is 7.89. The van der Waals surface area contributed by atoms with E-state index in [0.29, 0.717) is 21.9 Å². The van der Waals surface area contributed by atoms with E-state index in [0.717, 1.165) is 0 Å². The monoisotopic (exact) mass is 418 g/mol. The smallest absolute Gasteiger partial charge is 0.276 e. The molecule has 0 amide bonds. The minimum atomic E-state index is -3.77. The minimum absolute atomic E-state index is 0.0611. The van der Waals surface area contributed by atoms with E-state index in [-0.39, 0.29) is 17.3 Å². The van der Waals surface area contributed by atoms with E-state index in [9.17, 15) is 12.8 Å². The fraction of sp³-hybridized carbons (Fsp3) is 0.0500. The van der Waals surface area contributed by atoms with Crippen molar-refractivity contribution in [1.29, 1.82) is 0 Å². The molecule has 0 heterocycles. The molecule has 144 valence electrons. The average molecular weight is 419 g/mol. The molecule has 1 N–H and O–H groups in total. The third-order valence-corrected chi connectivity index (χ3v) is 5.23. The Morgan fingerprint density at radius 3 is 2.36 bits per heavy atom. The molecule has 0 aliphatic carbocycles. The Bertz CT molecular complexity index is 1070. The first kappa shape index (κ1) is 19.9. The maximum atomic E-state index is 13.6. The van der Waals surface area contributed by atoms with Gasteiger partial charge >= 0.3 is 0 Å². The summed E-state index contributed by atoms with van der Waals surface area (Å²) >= 11 is 5.75. The molecule has 0 fully saturated rings. The van der Waals surface area contributed by atoms with Gasteiger partial charge in [-0.1, -0.05) is 29.8 Å². The van der Waals surface area contributed by atoms with Crippen LogP contribution in [0.15, 0.2) is 82.8 Å². The Morgan fingerprint density at radius 2 is 1.68 bits per heavy atom. The van der Waals surface area contributed by atoms with Crippen LogP contribution in [0.2, 0.25) is 5.02 Å². The third-order valence-electron chi connectivity index (χ3n) is 3.74. The summed E-state index contributed by atoms with van der Waals surface area (Å²) in [5.41, 5.74) is 1.13. The zero-order valence-corrected chi connectivity index (χ0v) is 16.1. The first-order chi connectivity index (χ1) is 13.4. The molecule has 8 heteroatoms. The lowest BCUT2D eigenvalue weighted by molar-refractivity contribution is 0.300. The number of hydrogen-bond donors (Lipinski definition) is 1. The molecule has 3 aromatic rings. The molecule has 3 rings (SSSR count). The van der Waals surface area contributed by atoms with Crippen molar-refractivity contribution in [3.63, 3.8) is 0 Å². The Hall–Kier alpha value is -2.90. The lowest BCUT2D eigenvalue weighted by Gasteiger charge is -2.07. The van der Waals surface area contributed by atoms with Crippen molar-refractivity contribution < 1.29 is 17.5 Å². The largest absolute Gasteiger partial charge is 0.489 e. The van der Waals surface area contributed by atoms with Gasteiger partial charge in [0.05, 0.1) is 11.1 Å². The van der Waals surface area contributed by atoms with Crippen molar-refractivity contribution in [3.8, 4) is 5.75 Å². The highest BCUT2D eigenvalue weighted by atomic mass is 35.5. The summed E-state index contributed by atoms with van der Waals surface area (Å²) in [4.78, 5) is 2.20. The Morgan fingerprint density at radius 1 is 1.00 bits per heavy atom. The van der Waals surface area contributed by atoms with Crippen LogP contribution in [0.1, 0.15) is 11.1 Å². The summed E-state index contributed by atoms with van der Waals surface area (Å²) in [5, 5.41) is 4.20. The Kier molecular flexibility index (Phi) is 6.28. The van der Waals surface area contributed by atoms with Crippen molar-refractivity contribution in [2.75, 3.05) is 0 Å². The first-order valence-electron chi connectivity index (χ1n) is 8.21. The van der Waals surface area contributed by atoms with Crippen molar-refractivity contribution in [3.05, 3.63) is 94.8 Å². The van der Waals surface area contributed by atoms with Gasteiger partial charge in [0.2, 0.25) is 0 Å². The summed E-state index contributed by atoms with van der Waals surface area (Å²) in [5.74, 6) is 0.237.